The van der Waals surface area contributed by atoms with Gasteiger partial charge in [0.05, 0.1) is 17.5 Å². The lowest BCUT2D eigenvalue weighted by atomic mass is 9.87. The van der Waals surface area contributed by atoms with Gasteiger partial charge in [-0.25, -0.2) is 0 Å². The van der Waals surface area contributed by atoms with E-state index in [4.69, 9.17) is 0 Å². The summed E-state index contributed by atoms with van der Waals surface area (Å²) in [6, 6.07) is 14.7. The van der Waals surface area contributed by atoms with Gasteiger partial charge in [0.1, 0.15) is 0 Å². The van der Waals surface area contributed by atoms with Gasteiger partial charge in [0.25, 0.3) is 0 Å². The highest BCUT2D eigenvalue weighted by Gasteiger charge is 2.26. The highest BCUT2D eigenvalue weighted by atomic mass is 32.2. The summed E-state index contributed by atoms with van der Waals surface area (Å²) < 4.78 is 1.72. The first-order chi connectivity index (χ1) is 14.1. The summed E-state index contributed by atoms with van der Waals surface area (Å²) in [6.07, 6.45) is 3.20. The second-order valence-electron chi connectivity index (χ2n) is 7.49. The minimum absolute atomic E-state index is 0.0900. The zero-order valence-corrected chi connectivity index (χ0v) is 17.8. The first-order valence-electron chi connectivity index (χ1n) is 9.87. The monoisotopic (exact) mass is 407 g/mol. The standard InChI is InChI=1S/C22H25N5OS/c1-15-8-6-12-19(16(15)2)27-22(23-24-25-27)29-14-21(28)26(3)20-13-7-10-17-9-4-5-11-18(17)20/h4-6,8-9,11-12,20H,7,10,13-14H2,1-3H3/t20-/m0/s1. The number of rotatable bonds is 5. The molecule has 0 bridgehead atoms. The lowest BCUT2D eigenvalue weighted by molar-refractivity contribution is -0.129. The Kier molecular flexibility index (Phi) is 5.67. The van der Waals surface area contributed by atoms with Crippen LogP contribution in [0.3, 0.4) is 0 Å². The van der Waals surface area contributed by atoms with Gasteiger partial charge in [-0.15, -0.1) is 5.10 Å². The largest absolute Gasteiger partial charge is 0.338 e. The summed E-state index contributed by atoms with van der Waals surface area (Å²) in [7, 11) is 1.91. The second kappa shape index (κ2) is 8.37. The number of aromatic nitrogens is 4. The zero-order valence-electron chi connectivity index (χ0n) is 17.0. The summed E-state index contributed by atoms with van der Waals surface area (Å²) in [5.41, 5.74) is 5.89. The van der Waals surface area contributed by atoms with Gasteiger partial charge in [0.15, 0.2) is 0 Å². The topological polar surface area (TPSA) is 63.9 Å². The molecule has 0 radical (unpaired) electrons. The van der Waals surface area contributed by atoms with Crippen molar-refractivity contribution in [2.45, 2.75) is 44.3 Å². The molecule has 0 saturated heterocycles. The lowest BCUT2D eigenvalue weighted by Gasteiger charge is -2.33. The minimum atomic E-state index is 0.0900. The third-order valence-corrected chi connectivity index (χ3v) is 6.67. The molecule has 6 nitrogen and oxygen atoms in total. The van der Waals surface area contributed by atoms with Gasteiger partial charge in [0.2, 0.25) is 11.1 Å². The first kappa shape index (κ1) is 19.6. The summed E-state index contributed by atoms with van der Waals surface area (Å²) >= 11 is 1.38. The van der Waals surface area contributed by atoms with E-state index in [-0.39, 0.29) is 11.9 Å². The maximum atomic E-state index is 12.9. The normalized spacial score (nSPS) is 15.8. The maximum absolute atomic E-state index is 12.9. The van der Waals surface area contributed by atoms with Gasteiger partial charge in [-0.1, -0.05) is 48.2 Å². The third-order valence-electron chi connectivity index (χ3n) is 5.77. The Morgan fingerprint density at radius 1 is 1.21 bits per heavy atom. The molecule has 3 aromatic rings. The van der Waals surface area contributed by atoms with Crippen molar-refractivity contribution < 1.29 is 4.79 Å². The van der Waals surface area contributed by atoms with E-state index < -0.39 is 0 Å². The van der Waals surface area contributed by atoms with Crippen LogP contribution in [0.5, 0.6) is 0 Å². The van der Waals surface area contributed by atoms with Crippen LogP contribution >= 0.6 is 11.8 Å². The Morgan fingerprint density at radius 3 is 2.90 bits per heavy atom. The van der Waals surface area contributed by atoms with Crippen LogP contribution < -0.4 is 0 Å². The van der Waals surface area contributed by atoms with Crippen molar-refractivity contribution in [1.82, 2.24) is 25.1 Å². The fourth-order valence-corrected chi connectivity index (χ4v) is 4.73. The number of thioether (sulfide) groups is 1. The lowest BCUT2D eigenvalue weighted by Crippen LogP contribution is -2.34. The van der Waals surface area contributed by atoms with E-state index >= 15 is 0 Å². The molecule has 0 N–H and O–H groups in total. The number of amides is 1. The van der Waals surface area contributed by atoms with Gasteiger partial charge >= 0.3 is 0 Å². The van der Waals surface area contributed by atoms with E-state index in [2.05, 4.69) is 59.7 Å². The molecule has 1 aromatic heterocycles. The number of carbonyl (C=O) groups excluding carboxylic acids is 1. The predicted octanol–water partition coefficient (Wildman–Crippen LogP) is 3.91. The molecule has 150 valence electrons. The molecule has 1 amide bonds. The number of hydrogen-bond acceptors (Lipinski definition) is 5. The summed E-state index contributed by atoms with van der Waals surface area (Å²) in [5, 5.41) is 12.7. The molecule has 4 rings (SSSR count). The van der Waals surface area contributed by atoms with Crippen molar-refractivity contribution in [3.63, 3.8) is 0 Å². The number of tetrazole rings is 1. The molecular formula is C22H25N5OS. The van der Waals surface area contributed by atoms with Gasteiger partial charge in [-0.05, 0) is 71.9 Å². The Labute approximate surface area is 175 Å². The molecule has 1 heterocycles. The molecular weight excluding hydrogens is 382 g/mol. The average molecular weight is 408 g/mol. The molecule has 1 aliphatic rings. The van der Waals surface area contributed by atoms with Crippen molar-refractivity contribution in [3.05, 3.63) is 64.7 Å². The van der Waals surface area contributed by atoms with Crippen molar-refractivity contribution in [3.8, 4) is 5.69 Å². The van der Waals surface area contributed by atoms with E-state index in [0.29, 0.717) is 10.9 Å². The Morgan fingerprint density at radius 2 is 2.03 bits per heavy atom. The average Bonchev–Trinajstić information content (AvgIpc) is 3.21. The van der Waals surface area contributed by atoms with E-state index in [1.807, 2.05) is 24.1 Å². The van der Waals surface area contributed by atoms with Crippen LogP contribution in [0.1, 0.15) is 41.1 Å². The number of hydrogen-bond donors (Lipinski definition) is 0. The number of fused-ring (bicyclic) bond motifs is 1. The van der Waals surface area contributed by atoms with Gasteiger partial charge in [-0.3, -0.25) is 4.79 Å². The van der Waals surface area contributed by atoms with Crippen LogP contribution in [0.4, 0.5) is 0 Å². The van der Waals surface area contributed by atoms with Crippen molar-refractivity contribution >= 4 is 17.7 Å². The molecule has 0 spiro atoms. The van der Waals surface area contributed by atoms with Crippen LogP contribution in [-0.4, -0.2) is 43.8 Å². The van der Waals surface area contributed by atoms with Crippen LogP contribution in [0.2, 0.25) is 0 Å². The van der Waals surface area contributed by atoms with Crippen LogP contribution in [0.15, 0.2) is 47.6 Å². The molecule has 0 aliphatic heterocycles. The van der Waals surface area contributed by atoms with Gasteiger partial charge in [-0.2, -0.15) is 4.68 Å². The molecule has 1 aliphatic carbocycles. The minimum Gasteiger partial charge on any atom is -0.338 e. The van der Waals surface area contributed by atoms with Gasteiger partial charge in [0, 0.05) is 7.05 Å². The number of benzene rings is 2. The Balaban J connectivity index is 1.48. The van der Waals surface area contributed by atoms with Crippen LogP contribution in [0, 0.1) is 13.8 Å². The Bertz CT molecular complexity index is 1030. The highest BCUT2D eigenvalue weighted by molar-refractivity contribution is 7.99. The second-order valence-corrected chi connectivity index (χ2v) is 8.43. The highest BCUT2D eigenvalue weighted by Crippen LogP contribution is 2.34. The third kappa shape index (κ3) is 3.92. The number of aryl methyl sites for hydroxylation is 2. The fourth-order valence-electron chi connectivity index (χ4n) is 3.92. The summed E-state index contributed by atoms with van der Waals surface area (Å²) in [6.45, 7) is 4.12. The van der Waals surface area contributed by atoms with Crippen LogP contribution in [0.25, 0.3) is 5.69 Å². The molecule has 2 aromatic carbocycles. The Hall–Kier alpha value is -2.67. The first-order valence-corrected chi connectivity index (χ1v) is 10.9. The predicted molar refractivity (Wildman–Crippen MR) is 114 cm³/mol. The molecule has 7 heteroatoms. The van der Waals surface area contributed by atoms with E-state index in [9.17, 15) is 4.79 Å². The quantitative estimate of drug-likeness (QED) is 0.600. The fraction of sp³-hybridized carbons (Fsp3) is 0.364. The van der Waals surface area contributed by atoms with E-state index in [1.54, 1.807) is 4.68 Å². The zero-order chi connectivity index (χ0) is 20.4. The number of nitrogens with zero attached hydrogens (tertiary/aromatic N) is 5. The van der Waals surface area contributed by atoms with Crippen molar-refractivity contribution in [1.29, 1.82) is 0 Å². The van der Waals surface area contributed by atoms with E-state index in [1.165, 1.54) is 28.5 Å². The molecule has 0 fully saturated rings. The van der Waals surface area contributed by atoms with E-state index in [0.717, 1.165) is 30.5 Å². The number of carbonyl (C=O) groups is 1. The summed E-state index contributed by atoms with van der Waals surface area (Å²) in [4.78, 5) is 14.8. The molecule has 1 atom stereocenters. The maximum Gasteiger partial charge on any atom is 0.233 e. The molecule has 0 unspecified atom stereocenters. The van der Waals surface area contributed by atoms with Crippen molar-refractivity contribution in [2.24, 2.45) is 0 Å². The SMILES string of the molecule is Cc1cccc(-n2nnnc2SCC(=O)N(C)[C@H]2CCCc3ccccc32)c1C. The molecule has 29 heavy (non-hydrogen) atoms. The smallest absolute Gasteiger partial charge is 0.233 e. The molecule has 0 saturated carbocycles. The van der Waals surface area contributed by atoms with Gasteiger partial charge < -0.3 is 4.90 Å². The van der Waals surface area contributed by atoms with Crippen molar-refractivity contribution in [2.75, 3.05) is 12.8 Å². The van der Waals surface area contributed by atoms with Crippen LogP contribution in [-0.2, 0) is 11.2 Å². The summed E-state index contributed by atoms with van der Waals surface area (Å²) in [5.74, 6) is 0.396.